The highest BCUT2D eigenvalue weighted by Gasteiger charge is 2.12. The number of rotatable bonds is 4. The number of hydrogen-bond acceptors (Lipinski definition) is 3. The third-order valence-corrected chi connectivity index (χ3v) is 3.20. The minimum Gasteiger partial charge on any atom is -0.327 e. The number of hydrogen-bond donors (Lipinski definition) is 1. The standard InChI is InChI=1S/C9H20N2S/c1-2-3-9(10)8-11-4-6-12-7-5-11/h9H,2-8,10H2,1H3/t9-/m1/s1. The van der Waals surface area contributed by atoms with Gasteiger partial charge in [0, 0.05) is 37.2 Å². The minimum absolute atomic E-state index is 0.401. The molecule has 1 aliphatic heterocycles. The van der Waals surface area contributed by atoms with Gasteiger partial charge in [-0.25, -0.2) is 0 Å². The van der Waals surface area contributed by atoms with E-state index in [1.165, 1.54) is 37.4 Å². The maximum absolute atomic E-state index is 5.97. The molecule has 0 saturated carbocycles. The maximum Gasteiger partial charge on any atom is 0.0167 e. The van der Waals surface area contributed by atoms with Crippen molar-refractivity contribution in [1.29, 1.82) is 0 Å². The molecule has 0 spiro atoms. The van der Waals surface area contributed by atoms with Crippen LogP contribution in [0.5, 0.6) is 0 Å². The largest absolute Gasteiger partial charge is 0.327 e. The van der Waals surface area contributed by atoms with E-state index in [2.05, 4.69) is 23.6 Å². The molecule has 3 heteroatoms. The molecule has 0 unspecified atom stereocenters. The summed E-state index contributed by atoms with van der Waals surface area (Å²) in [5, 5.41) is 0. The minimum atomic E-state index is 0.401. The molecule has 0 amide bonds. The van der Waals surface area contributed by atoms with E-state index in [0.717, 1.165) is 6.54 Å². The molecule has 0 aromatic rings. The van der Waals surface area contributed by atoms with E-state index in [1.54, 1.807) is 0 Å². The zero-order valence-corrected chi connectivity index (χ0v) is 8.78. The summed E-state index contributed by atoms with van der Waals surface area (Å²) in [5.74, 6) is 2.58. The van der Waals surface area contributed by atoms with Crippen molar-refractivity contribution < 1.29 is 0 Å². The van der Waals surface area contributed by atoms with Crippen LogP contribution < -0.4 is 5.73 Å². The first kappa shape index (κ1) is 10.4. The molecule has 1 fully saturated rings. The van der Waals surface area contributed by atoms with Gasteiger partial charge in [0.1, 0.15) is 0 Å². The van der Waals surface area contributed by atoms with Crippen molar-refractivity contribution in [2.75, 3.05) is 31.1 Å². The molecule has 1 saturated heterocycles. The summed E-state index contributed by atoms with van der Waals surface area (Å²) in [7, 11) is 0. The molecule has 1 heterocycles. The van der Waals surface area contributed by atoms with Gasteiger partial charge in [0.2, 0.25) is 0 Å². The Labute approximate surface area is 79.9 Å². The smallest absolute Gasteiger partial charge is 0.0167 e. The van der Waals surface area contributed by atoms with Crippen LogP contribution in [0.25, 0.3) is 0 Å². The third kappa shape index (κ3) is 3.78. The van der Waals surface area contributed by atoms with Crippen molar-refractivity contribution in [3.05, 3.63) is 0 Å². The van der Waals surface area contributed by atoms with Crippen LogP contribution in [-0.4, -0.2) is 42.1 Å². The van der Waals surface area contributed by atoms with Gasteiger partial charge in [0.05, 0.1) is 0 Å². The summed E-state index contributed by atoms with van der Waals surface area (Å²) in [6, 6.07) is 0.401. The van der Waals surface area contributed by atoms with Crippen LogP contribution in [0, 0.1) is 0 Å². The second-order valence-corrected chi connectivity index (χ2v) is 4.69. The Hall–Kier alpha value is 0.270. The molecule has 0 radical (unpaired) electrons. The summed E-state index contributed by atoms with van der Waals surface area (Å²) in [6.45, 7) is 5.78. The summed E-state index contributed by atoms with van der Waals surface area (Å²) < 4.78 is 0. The Morgan fingerprint density at radius 1 is 1.42 bits per heavy atom. The van der Waals surface area contributed by atoms with Crippen molar-refractivity contribution in [2.45, 2.75) is 25.8 Å². The fourth-order valence-corrected chi connectivity index (χ4v) is 2.56. The summed E-state index contributed by atoms with van der Waals surface area (Å²) >= 11 is 2.06. The second kappa shape index (κ2) is 5.84. The van der Waals surface area contributed by atoms with E-state index in [-0.39, 0.29) is 0 Å². The second-order valence-electron chi connectivity index (χ2n) is 3.46. The molecular weight excluding hydrogens is 168 g/mol. The normalized spacial score (nSPS) is 22.5. The lowest BCUT2D eigenvalue weighted by Crippen LogP contribution is -2.41. The zero-order valence-electron chi connectivity index (χ0n) is 7.96. The number of nitrogens with two attached hydrogens (primary N) is 1. The predicted octanol–water partition coefficient (Wildman–Crippen LogP) is 1.16. The molecule has 1 rings (SSSR count). The van der Waals surface area contributed by atoms with Gasteiger partial charge >= 0.3 is 0 Å². The first-order valence-electron chi connectivity index (χ1n) is 4.88. The first-order valence-corrected chi connectivity index (χ1v) is 6.04. The number of nitrogens with zero attached hydrogens (tertiary/aromatic N) is 1. The monoisotopic (exact) mass is 188 g/mol. The molecule has 1 atom stereocenters. The average Bonchev–Trinajstić information content (AvgIpc) is 2.06. The van der Waals surface area contributed by atoms with Crippen LogP contribution in [0.15, 0.2) is 0 Å². The van der Waals surface area contributed by atoms with E-state index >= 15 is 0 Å². The molecule has 2 N–H and O–H groups in total. The average molecular weight is 188 g/mol. The van der Waals surface area contributed by atoms with Crippen LogP contribution in [0.4, 0.5) is 0 Å². The van der Waals surface area contributed by atoms with Crippen molar-refractivity contribution in [3.8, 4) is 0 Å². The molecule has 0 aromatic carbocycles. The lowest BCUT2D eigenvalue weighted by molar-refractivity contribution is 0.276. The Kier molecular flexibility index (Phi) is 5.04. The maximum atomic E-state index is 5.97. The van der Waals surface area contributed by atoms with E-state index in [0.29, 0.717) is 6.04 Å². The quantitative estimate of drug-likeness (QED) is 0.718. The van der Waals surface area contributed by atoms with Gasteiger partial charge in [-0.3, -0.25) is 0 Å². The van der Waals surface area contributed by atoms with Crippen molar-refractivity contribution in [1.82, 2.24) is 4.90 Å². The van der Waals surface area contributed by atoms with E-state index in [4.69, 9.17) is 5.73 Å². The Morgan fingerprint density at radius 3 is 2.67 bits per heavy atom. The summed E-state index contributed by atoms with van der Waals surface area (Å²) in [6.07, 6.45) is 2.38. The molecule has 72 valence electrons. The topological polar surface area (TPSA) is 29.3 Å². The van der Waals surface area contributed by atoms with Gasteiger partial charge < -0.3 is 10.6 Å². The molecule has 2 nitrogen and oxygen atoms in total. The van der Waals surface area contributed by atoms with Crippen LogP contribution >= 0.6 is 11.8 Å². The van der Waals surface area contributed by atoms with Crippen LogP contribution in [0.2, 0.25) is 0 Å². The van der Waals surface area contributed by atoms with Gasteiger partial charge in [0.15, 0.2) is 0 Å². The number of thioether (sulfide) groups is 1. The van der Waals surface area contributed by atoms with Crippen LogP contribution in [0.3, 0.4) is 0 Å². The highest BCUT2D eigenvalue weighted by Crippen LogP contribution is 2.09. The van der Waals surface area contributed by atoms with Gasteiger partial charge in [-0.15, -0.1) is 0 Å². The Bertz CT molecular complexity index is 113. The third-order valence-electron chi connectivity index (χ3n) is 2.26. The van der Waals surface area contributed by atoms with Gasteiger partial charge in [0.25, 0.3) is 0 Å². The van der Waals surface area contributed by atoms with Crippen molar-refractivity contribution in [3.63, 3.8) is 0 Å². The lowest BCUT2D eigenvalue weighted by Gasteiger charge is -2.28. The van der Waals surface area contributed by atoms with Crippen LogP contribution in [-0.2, 0) is 0 Å². The molecule has 12 heavy (non-hydrogen) atoms. The van der Waals surface area contributed by atoms with E-state index in [9.17, 15) is 0 Å². The fourth-order valence-electron chi connectivity index (χ4n) is 1.58. The molecule has 1 aliphatic rings. The van der Waals surface area contributed by atoms with Gasteiger partial charge in [-0.2, -0.15) is 11.8 Å². The van der Waals surface area contributed by atoms with Gasteiger partial charge in [-0.1, -0.05) is 13.3 Å². The fraction of sp³-hybridized carbons (Fsp3) is 1.00. The summed E-state index contributed by atoms with van der Waals surface area (Å²) in [5.41, 5.74) is 5.97. The molecular formula is C9H20N2S. The SMILES string of the molecule is CCC[C@@H](N)CN1CCSCC1. The summed E-state index contributed by atoms with van der Waals surface area (Å²) in [4.78, 5) is 2.50. The Balaban J connectivity index is 2.11. The van der Waals surface area contributed by atoms with E-state index in [1.807, 2.05) is 0 Å². The van der Waals surface area contributed by atoms with Crippen LogP contribution in [0.1, 0.15) is 19.8 Å². The van der Waals surface area contributed by atoms with Crippen molar-refractivity contribution in [2.24, 2.45) is 5.73 Å². The van der Waals surface area contributed by atoms with E-state index < -0.39 is 0 Å². The highest BCUT2D eigenvalue weighted by molar-refractivity contribution is 7.99. The van der Waals surface area contributed by atoms with Gasteiger partial charge in [-0.05, 0) is 6.42 Å². The zero-order chi connectivity index (χ0) is 8.81. The highest BCUT2D eigenvalue weighted by atomic mass is 32.2. The predicted molar refractivity (Wildman–Crippen MR) is 56.6 cm³/mol. The Morgan fingerprint density at radius 2 is 2.08 bits per heavy atom. The lowest BCUT2D eigenvalue weighted by atomic mass is 10.2. The molecule has 0 aliphatic carbocycles. The molecule has 0 aromatic heterocycles. The van der Waals surface area contributed by atoms with Crippen molar-refractivity contribution >= 4 is 11.8 Å². The molecule has 0 bridgehead atoms. The first-order chi connectivity index (χ1) is 5.83.